The lowest BCUT2D eigenvalue weighted by molar-refractivity contribution is -0.180. The monoisotopic (exact) mass is 353 g/mol. The van der Waals surface area contributed by atoms with Crippen LogP contribution in [0.1, 0.15) is 30.5 Å². The summed E-state index contributed by atoms with van der Waals surface area (Å²) in [6, 6.07) is 13.8. The molecule has 0 N–H and O–H groups in total. The number of rotatable bonds is 4. The lowest BCUT2D eigenvalue weighted by atomic mass is 10.0. The predicted molar refractivity (Wildman–Crippen MR) is 98.2 cm³/mol. The van der Waals surface area contributed by atoms with E-state index in [-0.39, 0.29) is 12.0 Å². The second-order valence-corrected chi connectivity index (χ2v) is 7.04. The number of carbonyl (C=O) groups excluding carboxylic acids is 1. The van der Waals surface area contributed by atoms with Gasteiger partial charge in [0.1, 0.15) is 5.75 Å². The first-order valence-corrected chi connectivity index (χ1v) is 8.96. The zero-order valence-electron chi connectivity index (χ0n) is 15.3. The third-order valence-corrected chi connectivity index (χ3v) is 4.65. The Morgan fingerprint density at radius 3 is 2.46 bits per heavy atom. The van der Waals surface area contributed by atoms with Crippen LogP contribution in [0.25, 0.3) is 0 Å². The van der Waals surface area contributed by atoms with Crippen molar-refractivity contribution in [3.8, 4) is 5.75 Å². The van der Waals surface area contributed by atoms with Gasteiger partial charge in [-0.2, -0.15) is 0 Å². The van der Waals surface area contributed by atoms with Crippen molar-refractivity contribution in [2.24, 2.45) is 0 Å². The highest BCUT2D eigenvalue weighted by Crippen LogP contribution is 2.46. The van der Waals surface area contributed by atoms with Crippen LogP contribution in [0.5, 0.6) is 5.75 Å². The van der Waals surface area contributed by atoms with Crippen LogP contribution >= 0.6 is 0 Å². The Kier molecular flexibility index (Phi) is 4.21. The van der Waals surface area contributed by atoms with Gasteiger partial charge in [-0.05, 0) is 50.6 Å². The van der Waals surface area contributed by atoms with Crippen LogP contribution in [-0.4, -0.2) is 25.2 Å². The topological polar surface area (TPSA) is 48.0 Å². The highest BCUT2D eigenvalue weighted by molar-refractivity contribution is 6.06. The van der Waals surface area contributed by atoms with Gasteiger partial charge in [-0.1, -0.05) is 23.8 Å². The molecule has 0 saturated carbocycles. The lowest BCUT2D eigenvalue weighted by Crippen LogP contribution is -2.40. The average Bonchev–Trinajstić information content (AvgIpc) is 3.18. The smallest absolute Gasteiger partial charge is 0.292 e. The maximum absolute atomic E-state index is 13.2. The Morgan fingerprint density at radius 2 is 1.81 bits per heavy atom. The summed E-state index contributed by atoms with van der Waals surface area (Å²) in [4.78, 5) is 14.9. The van der Waals surface area contributed by atoms with E-state index in [2.05, 4.69) is 0 Å². The van der Waals surface area contributed by atoms with Crippen LogP contribution in [0, 0.1) is 6.92 Å². The molecule has 1 saturated heterocycles. The van der Waals surface area contributed by atoms with Crippen molar-refractivity contribution >= 4 is 11.6 Å². The molecular formula is C21H23NO4. The van der Waals surface area contributed by atoms with Gasteiger partial charge in [-0.25, -0.2) is 0 Å². The van der Waals surface area contributed by atoms with Gasteiger partial charge in [-0.15, -0.1) is 0 Å². The number of benzene rings is 2. The van der Waals surface area contributed by atoms with Crippen LogP contribution in [0.4, 0.5) is 5.69 Å². The molecule has 1 amide bonds. The summed E-state index contributed by atoms with van der Waals surface area (Å²) >= 11 is 0. The fourth-order valence-electron chi connectivity index (χ4n) is 3.53. The molecule has 0 atom stereocenters. The molecule has 0 radical (unpaired) electrons. The third kappa shape index (κ3) is 2.77. The van der Waals surface area contributed by atoms with E-state index in [0.29, 0.717) is 19.8 Å². The van der Waals surface area contributed by atoms with Gasteiger partial charge >= 0.3 is 0 Å². The van der Waals surface area contributed by atoms with E-state index in [1.165, 1.54) is 0 Å². The van der Waals surface area contributed by atoms with Crippen molar-refractivity contribution in [2.75, 3.05) is 18.1 Å². The molecule has 2 aliphatic heterocycles. The van der Waals surface area contributed by atoms with Gasteiger partial charge in [0.15, 0.2) is 0 Å². The van der Waals surface area contributed by atoms with E-state index < -0.39 is 5.79 Å². The molecule has 0 aliphatic carbocycles. The number of hydrogen-bond donors (Lipinski definition) is 0. The van der Waals surface area contributed by atoms with Crippen molar-refractivity contribution in [2.45, 2.75) is 39.2 Å². The molecule has 1 spiro atoms. The van der Waals surface area contributed by atoms with Gasteiger partial charge in [0, 0.05) is 5.56 Å². The molecule has 1 fully saturated rings. The Labute approximate surface area is 153 Å². The number of hydrogen-bond acceptors (Lipinski definition) is 4. The Bertz CT molecular complexity index is 822. The van der Waals surface area contributed by atoms with Crippen molar-refractivity contribution in [1.29, 1.82) is 0 Å². The van der Waals surface area contributed by atoms with E-state index in [4.69, 9.17) is 14.2 Å². The second-order valence-electron chi connectivity index (χ2n) is 7.04. The van der Waals surface area contributed by atoms with Gasteiger partial charge in [-0.3, -0.25) is 4.79 Å². The van der Waals surface area contributed by atoms with Crippen LogP contribution in [-0.2, 0) is 26.6 Å². The number of ether oxygens (including phenoxy) is 3. The molecule has 2 aromatic rings. The second kappa shape index (κ2) is 6.41. The quantitative estimate of drug-likeness (QED) is 0.844. The number of aryl methyl sites for hydroxylation is 1. The molecule has 5 nitrogen and oxygen atoms in total. The first-order valence-electron chi connectivity index (χ1n) is 8.96. The maximum Gasteiger partial charge on any atom is 0.292 e. The summed E-state index contributed by atoms with van der Waals surface area (Å²) in [5.41, 5.74) is 3.76. The molecule has 2 aromatic carbocycles. The standard InChI is InChI=1S/C21H23NO4/c1-14(2)26-17-7-5-16(6-8-17)13-22-19-9-4-15(3)12-18(19)21(20(22)23)24-10-11-25-21/h4-9,12,14H,10-11,13H2,1-3H3. The molecule has 0 aromatic heterocycles. The van der Waals surface area contributed by atoms with Gasteiger partial charge < -0.3 is 19.1 Å². The molecule has 136 valence electrons. The molecule has 2 heterocycles. The number of fused-ring (bicyclic) bond motifs is 2. The predicted octanol–water partition coefficient (Wildman–Crippen LogP) is 3.53. The average molecular weight is 353 g/mol. The first-order chi connectivity index (χ1) is 12.5. The number of nitrogens with zero attached hydrogens (tertiary/aromatic N) is 1. The molecule has 26 heavy (non-hydrogen) atoms. The molecule has 5 heteroatoms. The Morgan fingerprint density at radius 1 is 1.12 bits per heavy atom. The summed E-state index contributed by atoms with van der Waals surface area (Å²) in [6.45, 7) is 7.31. The number of carbonyl (C=O) groups is 1. The molecular weight excluding hydrogens is 330 g/mol. The summed E-state index contributed by atoms with van der Waals surface area (Å²) in [5.74, 6) is -0.605. The van der Waals surface area contributed by atoms with E-state index in [1.807, 2.05) is 63.2 Å². The minimum atomic E-state index is -1.28. The van der Waals surface area contributed by atoms with E-state index in [1.54, 1.807) is 4.90 Å². The van der Waals surface area contributed by atoms with Gasteiger partial charge in [0.05, 0.1) is 31.5 Å². The van der Waals surface area contributed by atoms with Gasteiger partial charge in [0.2, 0.25) is 0 Å². The minimum absolute atomic E-state index is 0.132. The van der Waals surface area contributed by atoms with E-state index in [9.17, 15) is 4.79 Å². The summed E-state index contributed by atoms with van der Waals surface area (Å²) in [5, 5.41) is 0. The van der Waals surface area contributed by atoms with Crippen LogP contribution in [0.15, 0.2) is 42.5 Å². The van der Waals surface area contributed by atoms with Crippen molar-refractivity contribution in [3.63, 3.8) is 0 Å². The van der Waals surface area contributed by atoms with Crippen LogP contribution < -0.4 is 9.64 Å². The fraction of sp³-hybridized carbons (Fsp3) is 0.381. The highest BCUT2D eigenvalue weighted by atomic mass is 16.7. The zero-order valence-corrected chi connectivity index (χ0v) is 15.3. The summed E-state index contributed by atoms with van der Waals surface area (Å²) < 4.78 is 17.3. The minimum Gasteiger partial charge on any atom is -0.491 e. The fourth-order valence-corrected chi connectivity index (χ4v) is 3.53. The zero-order chi connectivity index (χ0) is 18.3. The number of anilines is 1. The Hall–Kier alpha value is -2.37. The Balaban J connectivity index is 1.64. The largest absolute Gasteiger partial charge is 0.491 e. The lowest BCUT2D eigenvalue weighted by Gasteiger charge is -2.22. The van der Waals surface area contributed by atoms with Crippen molar-refractivity contribution < 1.29 is 19.0 Å². The van der Waals surface area contributed by atoms with Crippen molar-refractivity contribution in [1.82, 2.24) is 0 Å². The number of amides is 1. The summed E-state index contributed by atoms with van der Waals surface area (Å²) in [7, 11) is 0. The first kappa shape index (κ1) is 17.1. The third-order valence-electron chi connectivity index (χ3n) is 4.65. The van der Waals surface area contributed by atoms with E-state index in [0.717, 1.165) is 28.1 Å². The van der Waals surface area contributed by atoms with Crippen LogP contribution in [0.2, 0.25) is 0 Å². The van der Waals surface area contributed by atoms with Crippen molar-refractivity contribution in [3.05, 3.63) is 59.2 Å². The van der Waals surface area contributed by atoms with Gasteiger partial charge in [0.25, 0.3) is 11.7 Å². The van der Waals surface area contributed by atoms with Crippen LogP contribution in [0.3, 0.4) is 0 Å². The summed E-state index contributed by atoms with van der Waals surface area (Å²) in [6.07, 6.45) is 0.132. The normalized spacial score (nSPS) is 18.0. The molecule has 4 rings (SSSR count). The molecule has 0 bridgehead atoms. The maximum atomic E-state index is 13.2. The molecule has 0 unspecified atom stereocenters. The molecule has 2 aliphatic rings. The highest BCUT2D eigenvalue weighted by Gasteiger charge is 2.55. The SMILES string of the molecule is Cc1ccc2c(c1)C1(OCCO1)C(=O)N2Cc1ccc(OC(C)C)cc1. The van der Waals surface area contributed by atoms with E-state index >= 15 is 0 Å².